The van der Waals surface area contributed by atoms with Crippen molar-refractivity contribution in [1.29, 1.82) is 0 Å². The molecule has 14 heavy (non-hydrogen) atoms. The zero-order valence-electron chi connectivity index (χ0n) is 7.25. The molecule has 0 spiro atoms. The minimum Gasteiger partial charge on any atom is -0.366 e. The molecule has 0 saturated heterocycles. The SMILES string of the molecule is NC(=O)c1cc(CCl)cc2[nH]cnc12. The number of nitrogens with one attached hydrogen (secondary N) is 1. The van der Waals surface area contributed by atoms with E-state index in [1.165, 1.54) is 6.33 Å². The molecule has 0 bridgehead atoms. The molecule has 0 aliphatic rings. The van der Waals surface area contributed by atoms with Gasteiger partial charge in [0.2, 0.25) is 0 Å². The van der Waals surface area contributed by atoms with Crippen molar-refractivity contribution in [3.8, 4) is 0 Å². The van der Waals surface area contributed by atoms with Gasteiger partial charge in [0, 0.05) is 5.88 Å². The van der Waals surface area contributed by atoms with E-state index in [0.29, 0.717) is 17.0 Å². The lowest BCUT2D eigenvalue weighted by Crippen LogP contribution is -2.12. The minimum atomic E-state index is -0.492. The number of nitrogens with two attached hydrogens (primary N) is 1. The first-order valence-electron chi connectivity index (χ1n) is 4.04. The number of benzene rings is 1. The number of nitrogens with zero attached hydrogens (tertiary/aromatic N) is 1. The first-order valence-corrected chi connectivity index (χ1v) is 4.57. The third kappa shape index (κ3) is 1.33. The number of halogens is 1. The molecule has 1 aromatic carbocycles. The number of H-pyrrole nitrogens is 1. The van der Waals surface area contributed by atoms with E-state index in [9.17, 15) is 4.79 Å². The summed E-state index contributed by atoms with van der Waals surface area (Å²) in [4.78, 5) is 18.0. The zero-order chi connectivity index (χ0) is 10.1. The Morgan fingerprint density at radius 1 is 1.57 bits per heavy atom. The molecule has 0 saturated carbocycles. The Morgan fingerprint density at radius 3 is 3.00 bits per heavy atom. The van der Waals surface area contributed by atoms with Crippen molar-refractivity contribution < 1.29 is 4.79 Å². The van der Waals surface area contributed by atoms with E-state index in [-0.39, 0.29) is 0 Å². The fraction of sp³-hybridized carbons (Fsp3) is 0.111. The highest BCUT2D eigenvalue weighted by atomic mass is 35.5. The number of hydrogen-bond donors (Lipinski definition) is 2. The standard InChI is InChI=1S/C9H8ClN3O/c10-3-5-1-6(9(11)14)8-7(2-5)12-4-13-8/h1-2,4H,3H2,(H2,11,14)(H,12,13). The summed E-state index contributed by atoms with van der Waals surface area (Å²) in [5, 5.41) is 0. The van der Waals surface area contributed by atoms with Crippen LogP contribution in [0.15, 0.2) is 18.5 Å². The number of alkyl halides is 1. The van der Waals surface area contributed by atoms with Gasteiger partial charge in [0.05, 0.1) is 17.4 Å². The zero-order valence-corrected chi connectivity index (χ0v) is 8.01. The van der Waals surface area contributed by atoms with Crippen molar-refractivity contribution >= 4 is 28.5 Å². The molecule has 0 unspecified atom stereocenters. The maximum Gasteiger partial charge on any atom is 0.250 e. The van der Waals surface area contributed by atoms with E-state index in [4.69, 9.17) is 17.3 Å². The van der Waals surface area contributed by atoms with Crippen LogP contribution in [-0.4, -0.2) is 15.9 Å². The van der Waals surface area contributed by atoms with Crippen molar-refractivity contribution in [3.63, 3.8) is 0 Å². The first kappa shape index (κ1) is 9.02. The number of carbonyl (C=O) groups is 1. The van der Waals surface area contributed by atoms with Gasteiger partial charge in [0.15, 0.2) is 0 Å². The molecule has 4 nitrogen and oxygen atoms in total. The molecule has 1 heterocycles. The summed E-state index contributed by atoms with van der Waals surface area (Å²) in [6.45, 7) is 0. The smallest absolute Gasteiger partial charge is 0.250 e. The largest absolute Gasteiger partial charge is 0.366 e. The van der Waals surface area contributed by atoms with Crippen molar-refractivity contribution in [3.05, 3.63) is 29.6 Å². The van der Waals surface area contributed by atoms with Crippen molar-refractivity contribution in [1.82, 2.24) is 9.97 Å². The second-order valence-corrected chi connectivity index (χ2v) is 3.21. The molecule has 0 aliphatic carbocycles. The third-order valence-corrected chi connectivity index (χ3v) is 2.31. The number of hydrogen-bond acceptors (Lipinski definition) is 2. The highest BCUT2D eigenvalue weighted by molar-refractivity contribution is 6.17. The Labute approximate surface area is 85.1 Å². The first-order chi connectivity index (χ1) is 6.72. The number of carbonyl (C=O) groups excluding carboxylic acids is 1. The fourth-order valence-corrected chi connectivity index (χ4v) is 1.53. The molecule has 3 N–H and O–H groups in total. The number of rotatable bonds is 2. The summed E-state index contributed by atoms with van der Waals surface area (Å²) in [6.07, 6.45) is 1.52. The van der Waals surface area contributed by atoms with Crippen LogP contribution in [0, 0.1) is 0 Å². The van der Waals surface area contributed by atoms with Gasteiger partial charge in [-0.25, -0.2) is 4.98 Å². The highest BCUT2D eigenvalue weighted by Gasteiger charge is 2.10. The van der Waals surface area contributed by atoms with Crippen LogP contribution in [0.2, 0.25) is 0 Å². The molecular formula is C9H8ClN3O. The van der Waals surface area contributed by atoms with Gasteiger partial charge in [-0.3, -0.25) is 4.79 Å². The summed E-state index contributed by atoms with van der Waals surface area (Å²) < 4.78 is 0. The van der Waals surface area contributed by atoms with Crippen LogP contribution < -0.4 is 5.73 Å². The van der Waals surface area contributed by atoms with Gasteiger partial charge >= 0.3 is 0 Å². The monoisotopic (exact) mass is 209 g/mol. The normalized spacial score (nSPS) is 10.6. The van der Waals surface area contributed by atoms with Crippen molar-refractivity contribution in [2.45, 2.75) is 5.88 Å². The summed E-state index contributed by atoms with van der Waals surface area (Å²) in [7, 11) is 0. The van der Waals surface area contributed by atoms with Crippen LogP contribution in [0.1, 0.15) is 15.9 Å². The Kier molecular flexibility index (Phi) is 2.13. The Balaban J connectivity index is 2.76. The maximum absolute atomic E-state index is 11.1. The summed E-state index contributed by atoms with van der Waals surface area (Å²) >= 11 is 5.68. The fourth-order valence-electron chi connectivity index (χ4n) is 1.37. The molecule has 0 radical (unpaired) electrons. The van der Waals surface area contributed by atoms with Crippen LogP contribution in [0.5, 0.6) is 0 Å². The van der Waals surface area contributed by atoms with Gasteiger partial charge < -0.3 is 10.7 Å². The Morgan fingerprint density at radius 2 is 2.36 bits per heavy atom. The van der Waals surface area contributed by atoms with Gasteiger partial charge in [0.1, 0.15) is 5.52 Å². The van der Waals surface area contributed by atoms with Gasteiger partial charge in [-0.15, -0.1) is 11.6 Å². The van der Waals surface area contributed by atoms with E-state index in [1.54, 1.807) is 6.07 Å². The van der Waals surface area contributed by atoms with E-state index >= 15 is 0 Å². The summed E-state index contributed by atoms with van der Waals surface area (Å²) in [5.74, 6) is -0.149. The Hall–Kier alpha value is -1.55. The van der Waals surface area contributed by atoms with Crippen LogP contribution >= 0.6 is 11.6 Å². The maximum atomic E-state index is 11.1. The van der Waals surface area contributed by atoms with E-state index < -0.39 is 5.91 Å². The molecular weight excluding hydrogens is 202 g/mol. The molecule has 0 fully saturated rings. The lowest BCUT2D eigenvalue weighted by molar-refractivity contribution is 0.100. The van der Waals surface area contributed by atoms with E-state index in [2.05, 4.69) is 9.97 Å². The average molecular weight is 210 g/mol. The van der Waals surface area contributed by atoms with Crippen LogP contribution in [-0.2, 0) is 5.88 Å². The number of fused-ring (bicyclic) bond motifs is 1. The van der Waals surface area contributed by atoms with Crippen LogP contribution in [0.4, 0.5) is 0 Å². The highest BCUT2D eigenvalue weighted by Crippen LogP contribution is 2.18. The van der Waals surface area contributed by atoms with Crippen molar-refractivity contribution in [2.75, 3.05) is 0 Å². The van der Waals surface area contributed by atoms with Crippen LogP contribution in [0.25, 0.3) is 11.0 Å². The second-order valence-electron chi connectivity index (χ2n) is 2.94. The molecule has 0 aliphatic heterocycles. The summed E-state index contributed by atoms with van der Waals surface area (Å²) in [5.41, 5.74) is 7.84. The van der Waals surface area contributed by atoms with E-state index in [0.717, 1.165) is 11.1 Å². The minimum absolute atomic E-state index is 0.342. The number of aromatic amines is 1. The molecule has 1 amide bonds. The second kappa shape index (κ2) is 3.31. The van der Waals surface area contributed by atoms with E-state index in [1.807, 2.05) is 6.07 Å². The molecule has 1 aromatic heterocycles. The predicted octanol–water partition coefficient (Wildman–Crippen LogP) is 1.40. The van der Waals surface area contributed by atoms with Crippen molar-refractivity contribution in [2.24, 2.45) is 5.73 Å². The predicted molar refractivity (Wildman–Crippen MR) is 54.2 cm³/mol. The quantitative estimate of drug-likeness (QED) is 0.734. The topological polar surface area (TPSA) is 71.8 Å². The molecule has 2 rings (SSSR count). The lowest BCUT2D eigenvalue weighted by Gasteiger charge is -2.00. The average Bonchev–Trinajstić information content (AvgIpc) is 2.63. The van der Waals surface area contributed by atoms with Gasteiger partial charge in [-0.2, -0.15) is 0 Å². The summed E-state index contributed by atoms with van der Waals surface area (Å²) in [6, 6.07) is 3.51. The molecule has 2 aromatic rings. The number of primary amides is 1. The van der Waals surface area contributed by atoms with Gasteiger partial charge in [-0.05, 0) is 17.7 Å². The number of imidazole rings is 1. The van der Waals surface area contributed by atoms with Gasteiger partial charge in [-0.1, -0.05) is 0 Å². The molecule has 5 heteroatoms. The molecule has 0 atom stereocenters. The lowest BCUT2D eigenvalue weighted by atomic mass is 10.1. The number of amides is 1. The third-order valence-electron chi connectivity index (χ3n) is 2.00. The molecule has 72 valence electrons. The Bertz CT molecular complexity index is 492. The number of aromatic nitrogens is 2. The van der Waals surface area contributed by atoms with Crippen LogP contribution in [0.3, 0.4) is 0 Å². The van der Waals surface area contributed by atoms with Gasteiger partial charge in [0.25, 0.3) is 5.91 Å².